The van der Waals surface area contributed by atoms with E-state index in [-0.39, 0.29) is 22.9 Å². The molecule has 0 amide bonds. The second-order valence-electron chi connectivity index (χ2n) is 13.2. The van der Waals surface area contributed by atoms with Crippen molar-refractivity contribution in [2.75, 3.05) is 0 Å². The lowest BCUT2D eigenvalue weighted by Gasteiger charge is -2.33. The largest absolute Gasteiger partial charge is 0.339 e. The van der Waals surface area contributed by atoms with E-state index in [2.05, 4.69) is 93.9 Å². The second-order valence-corrected chi connectivity index (χ2v) is 14.1. The van der Waals surface area contributed by atoms with Crippen LogP contribution < -0.4 is 0 Å². The molecule has 39 heavy (non-hydrogen) atoms. The van der Waals surface area contributed by atoms with E-state index >= 15 is 0 Å². The number of hydrogen-bond donors (Lipinski definition) is 0. The van der Waals surface area contributed by atoms with Gasteiger partial charge in [-0.05, 0) is 81.0 Å². The maximum atomic E-state index is 6.52. The summed E-state index contributed by atoms with van der Waals surface area (Å²) in [6.07, 6.45) is 18.1. The van der Waals surface area contributed by atoms with Crippen LogP contribution in [0.3, 0.4) is 0 Å². The normalized spacial score (nSPS) is 18.8. The van der Waals surface area contributed by atoms with Crippen molar-refractivity contribution in [1.29, 1.82) is 0 Å². The molecule has 0 N–H and O–H groups in total. The molecular formula is C36H53BrO2. The molecule has 1 fully saturated rings. The van der Waals surface area contributed by atoms with E-state index in [1.165, 1.54) is 117 Å². The summed E-state index contributed by atoms with van der Waals surface area (Å²) >= 11 is 3.84. The van der Waals surface area contributed by atoms with Crippen molar-refractivity contribution in [3.63, 3.8) is 0 Å². The Kier molecular flexibility index (Phi) is 10.4. The molecule has 1 saturated heterocycles. The molecule has 2 aliphatic rings. The van der Waals surface area contributed by atoms with Gasteiger partial charge in [-0.25, -0.2) is 0 Å². The number of benzene rings is 2. The first kappa shape index (κ1) is 30.8. The van der Waals surface area contributed by atoms with Crippen molar-refractivity contribution in [1.82, 2.24) is 0 Å². The molecule has 1 heterocycles. The smallest absolute Gasteiger partial charge is 0.185 e. The fourth-order valence-corrected chi connectivity index (χ4v) is 7.05. The Morgan fingerprint density at radius 2 is 1.08 bits per heavy atom. The van der Waals surface area contributed by atoms with Gasteiger partial charge in [0.2, 0.25) is 0 Å². The molecule has 2 aromatic rings. The summed E-state index contributed by atoms with van der Waals surface area (Å²) in [6.45, 7) is 13.2. The highest BCUT2D eigenvalue weighted by Gasteiger charge is 2.50. The van der Waals surface area contributed by atoms with E-state index < -0.39 is 0 Å². The highest BCUT2D eigenvalue weighted by molar-refractivity contribution is 9.10. The summed E-state index contributed by atoms with van der Waals surface area (Å²) in [6, 6.07) is 14.1. The molecule has 2 aromatic carbocycles. The number of fused-ring (bicyclic) bond motifs is 3. The molecule has 1 aliphatic heterocycles. The minimum atomic E-state index is -0.335. The third-order valence-electron chi connectivity index (χ3n) is 9.79. The topological polar surface area (TPSA) is 18.5 Å². The molecule has 216 valence electrons. The zero-order chi connectivity index (χ0) is 28.1. The third-order valence-corrected chi connectivity index (χ3v) is 10.3. The summed E-state index contributed by atoms with van der Waals surface area (Å²) in [5, 5.41) is 0. The Morgan fingerprint density at radius 3 is 1.62 bits per heavy atom. The lowest BCUT2D eigenvalue weighted by molar-refractivity contribution is -0.0896. The monoisotopic (exact) mass is 596 g/mol. The van der Waals surface area contributed by atoms with Gasteiger partial charge in [-0.3, -0.25) is 0 Å². The van der Waals surface area contributed by atoms with Gasteiger partial charge in [-0.15, -0.1) is 0 Å². The molecule has 0 bridgehead atoms. The van der Waals surface area contributed by atoms with Crippen LogP contribution in [0.5, 0.6) is 0 Å². The first-order valence-corrected chi connectivity index (χ1v) is 16.7. The zero-order valence-corrected chi connectivity index (χ0v) is 27.2. The fraction of sp³-hybridized carbons (Fsp3) is 0.667. The first-order chi connectivity index (χ1) is 18.6. The van der Waals surface area contributed by atoms with Gasteiger partial charge in [-0.2, -0.15) is 0 Å². The van der Waals surface area contributed by atoms with Gasteiger partial charge in [0.1, 0.15) is 0 Å². The highest BCUT2D eigenvalue weighted by atomic mass is 79.9. The average molecular weight is 598 g/mol. The van der Waals surface area contributed by atoms with E-state index in [9.17, 15) is 0 Å². The number of halogens is 1. The van der Waals surface area contributed by atoms with Gasteiger partial charge in [0, 0.05) is 15.5 Å². The Bertz CT molecular complexity index is 1050. The van der Waals surface area contributed by atoms with Gasteiger partial charge in [-0.1, -0.05) is 125 Å². The molecule has 0 aromatic heterocycles. The zero-order valence-electron chi connectivity index (χ0n) is 25.6. The molecule has 0 unspecified atom stereocenters. The Balaban J connectivity index is 1.68. The summed E-state index contributed by atoms with van der Waals surface area (Å²) in [5.74, 6) is 0. The minimum absolute atomic E-state index is 0.0591. The van der Waals surface area contributed by atoms with Gasteiger partial charge in [0.05, 0.1) is 11.2 Å². The Labute approximate surface area is 247 Å². The Morgan fingerprint density at radius 1 is 0.615 bits per heavy atom. The van der Waals surface area contributed by atoms with Crippen molar-refractivity contribution in [3.05, 3.63) is 57.6 Å². The van der Waals surface area contributed by atoms with Crippen molar-refractivity contribution < 1.29 is 9.47 Å². The van der Waals surface area contributed by atoms with E-state index in [1.807, 2.05) is 0 Å². The Hall–Kier alpha value is -1.16. The lowest BCUT2D eigenvalue weighted by atomic mass is 9.70. The van der Waals surface area contributed by atoms with Gasteiger partial charge in [0.15, 0.2) is 6.29 Å². The number of rotatable bonds is 15. The summed E-state index contributed by atoms with van der Waals surface area (Å²) in [7, 11) is 0. The molecule has 3 heteroatoms. The molecule has 0 spiro atoms. The summed E-state index contributed by atoms with van der Waals surface area (Å²) in [5.41, 5.74) is 6.42. The molecular weight excluding hydrogens is 544 g/mol. The van der Waals surface area contributed by atoms with Crippen molar-refractivity contribution in [3.8, 4) is 11.1 Å². The predicted octanol–water partition coefficient (Wildman–Crippen LogP) is 11.8. The van der Waals surface area contributed by atoms with Crippen LogP contribution in [0.15, 0.2) is 40.9 Å². The van der Waals surface area contributed by atoms with Crippen LogP contribution in [0, 0.1) is 0 Å². The van der Waals surface area contributed by atoms with E-state index in [0.29, 0.717) is 0 Å². The SMILES string of the molecule is CCCCCCCCC1(CCCCCCCC)c2cc(Br)ccc2-c2ccc(C3OC(C)(C)C(C)(C)O3)cc21. The van der Waals surface area contributed by atoms with Crippen LogP contribution in [0.4, 0.5) is 0 Å². The molecule has 2 nitrogen and oxygen atoms in total. The quantitative estimate of drug-likeness (QED) is 0.190. The van der Waals surface area contributed by atoms with Gasteiger partial charge >= 0.3 is 0 Å². The van der Waals surface area contributed by atoms with Crippen molar-refractivity contribution in [2.24, 2.45) is 0 Å². The highest BCUT2D eigenvalue weighted by Crippen LogP contribution is 2.56. The van der Waals surface area contributed by atoms with E-state index in [0.717, 1.165) is 5.56 Å². The van der Waals surface area contributed by atoms with Crippen LogP contribution in [-0.2, 0) is 14.9 Å². The van der Waals surface area contributed by atoms with E-state index in [1.54, 1.807) is 0 Å². The second kappa shape index (κ2) is 13.2. The first-order valence-electron chi connectivity index (χ1n) is 16.0. The maximum Gasteiger partial charge on any atom is 0.185 e. The number of ether oxygens (including phenoxy) is 2. The fourth-order valence-electron chi connectivity index (χ4n) is 6.69. The van der Waals surface area contributed by atoms with Gasteiger partial charge in [0.25, 0.3) is 0 Å². The summed E-state index contributed by atoms with van der Waals surface area (Å²) < 4.78 is 14.2. The third kappa shape index (κ3) is 6.68. The van der Waals surface area contributed by atoms with Crippen LogP contribution in [-0.4, -0.2) is 11.2 Å². The van der Waals surface area contributed by atoms with Crippen LogP contribution in [0.25, 0.3) is 11.1 Å². The molecule has 0 atom stereocenters. The van der Waals surface area contributed by atoms with E-state index in [4.69, 9.17) is 9.47 Å². The van der Waals surface area contributed by atoms with Crippen LogP contribution >= 0.6 is 15.9 Å². The number of unbranched alkanes of at least 4 members (excludes halogenated alkanes) is 10. The van der Waals surface area contributed by atoms with Gasteiger partial charge < -0.3 is 9.47 Å². The number of hydrogen-bond acceptors (Lipinski definition) is 2. The van der Waals surface area contributed by atoms with Crippen molar-refractivity contribution in [2.45, 2.75) is 154 Å². The molecule has 0 radical (unpaired) electrons. The molecule has 1 aliphatic carbocycles. The maximum absolute atomic E-state index is 6.52. The predicted molar refractivity (Wildman–Crippen MR) is 169 cm³/mol. The van der Waals surface area contributed by atoms with Crippen LogP contribution in [0.1, 0.15) is 154 Å². The standard InChI is InChI=1S/C36H53BrO2/c1-7-9-11-13-15-17-23-36(24-18-16-14-12-10-8-2)31-25-27(33-38-34(3,4)35(5,6)39-33)19-21-29(31)30-22-20-28(37)26-32(30)36/h19-22,25-26,33H,7-18,23-24H2,1-6H3. The average Bonchev–Trinajstić information content (AvgIpc) is 3.29. The van der Waals surface area contributed by atoms with Crippen molar-refractivity contribution >= 4 is 15.9 Å². The van der Waals surface area contributed by atoms with Crippen LogP contribution in [0.2, 0.25) is 0 Å². The lowest BCUT2D eigenvalue weighted by Crippen LogP contribution is -2.41. The minimum Gasteiger partial charge on any atom is -0.339 e. The molecule has 0 saturated carbocycles. The summed E-state index contributed by atoms with van der Waals surface area (Å²) in [4.78, 5) is 0. The molecule has 4 rings (SSSR count).